The predicted octanol–water partition coefficient (Wildman–Crippen LogP) is 4.06. The molecule has 10 heteroatoms. The highest BCUT2D eigenvalue weighted by molar-refractivity contribution is 7.80. The molecule has 0 aliphatic carbocycles. The fraction of sp³-hybridized carbons (Fsp3) is 0.318. The van der Waals surface area contributed by atoms with E-state index in [0.29, 0.717) is 23.5 Å². The van der Waals surface area contributed by atoms with Gasteiger partial charge in [0.1, 0.15) is 5.69 Å². The van der Waals surface area contributed by atoms with Gasteiger partial charge in [-0.2, -0.15) is 0 Å². The molecule has 1 aliphatic heterocycles. The molecule has 3 N–H and O–H groups in total. The lowest BCUT2D eigenvalue weighted by atomic mass is 10.1. The fourth-order valence-corrected chi connectivity index (χ4v) is 3.67. The van der Waals surface area contributed by atoms with Gasteiger partial charge in [0.15, 0.2) is 5.11 Å². The van der Waals surface area contributed by atoms with Crippen LogP contribution >= 0.6 is 12.2 Å². The fourth-order valence-electron chi connectivity index (χ4n) is 3.46. The first-order valence-corrected chi connectivity index (χ1v) is 10.8. The first-order chi connectivity index (χ1) is 15.4. The van der Waals surface area contributed by atoms with E-state index in [9.17, 15) is 19.7 Å². The first-order valence-electron chi connectivity index (χ1n) is 10.4. The summed E-state index contributed by atoms with van der Waals surface area (Å²) in [5, 5.41) is 19.8. The van der Waals surface area contributed by atoms with Crippen LogP contribution in [-0.4, -0.2) is 34.9 Å². The van der Waals surface area contributed by atoms with Crippen molar-refractivity contribution >= 4 is 51.9 Å². The number of anilines is 3. The molecule has 32 heavy (non-hydrogen) atoms. The zero-order chi connectivity index (χ0) is 23.1. The molecule has 168 valence electrons. The summed E-state index contributed by atoms with van der Waals surface area (Å²) in [4.78, 5) is 37.2. The van der Waals surface area contributed by atoms with Crippen LogP contribution in [0.2, 0.25) is 0 Å². The monoisotopic (exact) mass is 455 g/mol. The van der Waals surface area contributed by atoms with Crippen LogP contribution < -0.4 is 20.9 Å². The van der Waals surface area contributed by atoms with E-state index in [0.717, 1.165) is 32.4 Å². The van der Waals surface area contributed by atoms with Crippen molar-refractivity contribution in [2.75, 3.05) is 28.6 Å². The van der Waals surface area contributed by atoms with Gasteiger partial charge in [0.25, 0.3) is 11.6 Å². The highest BCUT2D eigenvalue weighted by atomic mass is 32.1. The average Bonchev–Trinajstić information content (AvgIpc) is 3.29. The van der Waals surface area contributed by atoms with Crippen LogP contribution in [0.3, 0.4) is 0 Å². The van der Waals surface area contributed by atoms with Crippen LogP contribution in [0.25, 0.3) is 0 Å². The maximum atomic E-state index is 12.6. The van der Waals surface area contributed by atoms with Gasteiger partial charge in [-0.25, -0.2) is 0 Å². The minimum Gasteiger partial charge on any atom is -0.366 e. The van der Waals surface area contributed by atoms with E-state index >= 15 is 0 Å². The summed E-state index contributed by atoms with van der Waals surface area (Å²) in [6.07, 6.45) is 3.20. The number of rotatable bonds is 7. The standard InChI is InChI=1S/C22H25N5O4S/c1-2-5-20(28)23-16-7-9-17(10-8-16)24-22(32)25-21(29)15-6-11-18(19(14-15)27(30)31)26-12-3-4-13-26/h6-11,14H,2-5,12-13H2,1H3,(H,23,28)(H2,24,25,29,32). The molecule has 0 aromatic heterocycles. The van der Waals surface area contributed by atoms with Gasteiger partial charge in [0.05, 0.1) is 4.92 Å². The number of amides is 2. The molecular weight excluding hydrogens is 430 g/mol. The summed E-state index contributed by atoms with van der Waals surface area (Å²) in [7, 11) is 0. The van der Waals surface area contributed by atoms with Gasteiger partial charge in [-0.1, -0.05) is 6.92 Å². The smallest absolute Gasteiger partial charge is 0.293 e. The Balaban J connectivity index is 1.61. The minimum atomic E-state index is -0.540. The Bertz CT molecular complexity index is 1020. The van der Waals surface area contributed by atoms with Gasteiger partial charge in [0, 0.05) is 42.5 Å². The Labute approximate surface area is 191 Å². The van der Waals surface area contributed by atoms with E-state index < -0.39 is 10.8 Å². The van der Waals surface area contributed by atoms with Crippen molar-refractivity contribution in [3.63, 3.8) is 0 Å². The molecule has 0 bridgehead atoms. The summed E-state index contributed by atoms with van der Waals surface area (Å²) in [5.41, 5.74) is 1.86. The van der Waals surface area contributed by atoms with Crippen LogP contribution in [0.1, 0.15) is 43.0 Å². The maximum Gasteiger partial charge on any atom is 0.293 e. The van der Waals surface area contributed by atoms with Crippen LogP contribution in [0.5, 0.6) is 0 Å². The number of benzene rings is 2. The molecule has 1 fully saturated rings. The van der Waals surface area contributed by atoms with Crippen LogP contribution in [0, 0.1) is 10.1 Å². The van der Waals surface area contributed by atoms with E-state index in [1.165, 1.54) is 6.07 Å². The van der Waals surface area contributed by atoms with Gasteiger partial charge in [-0.05, 0) is 67.9 Å². The zero-order valence-corrected chi connectivity index (χ0v) is 18.5. The summed E-state index contributed by atoms with van der Waals surface area (Å²) >= 11 is 5.19. The molecule has 0 spiro atoms. The van der Waals surface area contributed by atoms with Gasteiger partial charge in [-0.3, -0.25) is 25.0 Å². The molecule has 0 radical (unpaired) electrons. The number of nitrogens with one attached hydrogen (secondary N) is 3. The van der Waals surface area contributed by atoms with Crippen molar-refractivity contribution in [3.05, 3.63) is 58.1 Å². The lowest BCUT2D eigenvalue weighted by Crippen LogP contribution is -2.34. The normalized spacial score (nSPS) is 12.8. The quantitative estimate of drug-likeness (QED) is 0.327. The Kier molecular flexibility index (Phi) is 7.72. The third-order valence-corrected chi connectivity index (χ3v) is 5.22. The number of carbonyl (C=O) groups is 2. The molecular formula is C22H25N5O4S. The molecule has 1 aliphatic rings. The Morgan fingerprint density at radius 1 is 1.06 bits per heavy atom. The van der Waals surface area contributed by atoms with E-state index in [2.05, 4.69) is 16.0 Å². The Morgan fingerprint density at radius 2 is 1.69 bits per heavy atom. The van der Waals surface area contributed by atoms with Crippen molar-refractivity contribution in [1.29, 1.82) is 0 Å². The molecule has 1 saturated heterocycles. The highest BCUT2D eigenvalue weighted by Crippen LogP contribution is 2.31. The number of hydrogen-bond acceptors (Lipinski definition) is 6. The number of thiocarbonyl (C=S) groups is 1. The summed E-state index contributed by atoms with van der Waals surface area (Å²) in [5.74, 6) is -0.595. The molecule has 1 heterocycles. The lowest BCUT2D eigenvalue weighted by molar-refractivity contribution is -0.384. The second-order valence-electron chi connectivity index (χ2n) is 7.44. The summed E-state index contributed by atoms with van der Waals surface area (Å²) in [6, 6.07) is 11.3. The molecule has 2 aromatic rings. The molecule has 0 atom stereocenters. The van der Waals surface area contributed by atoms with Crippen LogP contribution in [0.4, 0.5) is 22.7 Å². The zero-order valence-electron chi connectivity index (χ0n) is 17.7. The SMILES string of the molecule is CCCC(=O)Nc1ccc(NC(=S)NC(=O)c2ccc(N3CCCC3)c([N+](=O)[O-])c2)cc1. The molecule has 3 rings (SSSR count). The minimum absolute atomic E-state index is 0.0548. The van der Waals surface area contributed by atoms with Crippen LogP contribution in [-0.2, 0) is 4.79 Å². The third-order valence-electron chi connectivity index (χ3n) is 5.01. The third kappa shape index (κ3) is 6.01. The second kappa shape index (κ2) is 10.7. The average molecular weight is 456 g/mol. The first kappa shape index (κ1) is 23.1. The van der Waals surface area contributed by atoms with Gasteiger partial charge in [0.2, 0.25) is 5.91 Å². The topological polar surface area (TPSA) is 117 Å². The number of carbonyl (C=O) groups excluding carboxylic acids is 2. The van der Waals surface area contributed by atoms with Crippen molar-refractivity contribution in [1.82, 2.24) is 5.32 Å². The van der Waals surface area contributed by atoms with Crippen molar-refractivity contribution in [3.8, 4) is 0 Å². The van der Waals surface area contributed by atoms with Crippen molar-refractivity contribution in [2.24, 2.45) is 0 Å². The molecule has 0 unspecified atom stereocenters. The predicted molar refractivity (Wildman–Crippen MR) is 128 cm³/mol. The summed E-state index contributed by atoms with van der Waals surface area (Å²) in [6.45, 7) is 3.46. The Morgan fingerprint density at radius 3 is 2.28 bits per heavy atom. The largest absolute Gasteiger partial charge is 0.366 e. The maximum absolute atomic E-state index is 12.6. The van der Waals surface area contributed by atoms with Gasteiger partial charge in [-0.15, -0.1) is 0 Å². The number of nitro groups is 1. The molecule has 9 nitrogen and oxygen atoms in total. The molecule has 2 aromatic carbocycles. The van der Waals surface area contributed by atoms with E-state index in [1.807, 2.05) is 11.8 Å². The van der Waals surface area contributed by atoms with E-state index in [-0.39, 0.29) is 22.3 Å². The van der Waals surface area contributed by atoms with Crippen molar-refractivity contribution < 1.29 is 14.5 Å². The summed E-state index contributed by atoms with van der Waals surface area (Å²) < 4.78 is 0. The van der Waals surface area contributed by atoms with E-state index in [1.54, 1.807) is 36.4 Å². The number of nitrogens with zero attached hydrogens (tertiary/aromatic N) is 2. The molecule has 0 saturated carbocycles. The highest BCUT2D eigenvalue weighted by Gasteiger charge is 2.24. The Hall–Kier alpha value is -3.53. The van der Waals surface area contributed by atoms with Gasteiger partial charge >= 0.3 is 0 Å². The number of nitro benzene ring substituents is 1. The second-order valence-corrected chi connectivity index (χ2v) is 7.85. The van der Waals surface area contributed by atoms with E-state index in [4.69, 9.17) is 12.2 Å². The lowest BCUT2D eigenvalue weighted by Gasteiger charge is -2.18. The van der Waals surface area contributed by atoms with Gasteiger partial charge < -0.3 is 15.5 Å². The van der Waals surface area contributed by atoms with Crippen LogP contribution in [0.15, 0.2) is 42.5 Å². The number of hydrogen-bond donors (Lipinski definition) is 3. The van der Waals surface area contributed by atoms with Crippen molar-refractivity contribution in [2.45, 2.75) is 32.6 Å². The molecule has 2 amide bonds.